The van der Waals surface area contributed by atoms with Crippen LogP contribution < -0.4 is 5.32 Å². The lowest BCUT2D eigenvalue weighted by molar-refractivity contribution is 0.0954. The van der Waals surface area contributed by atoms with Crippen molar-refractivity contribution in [1.82, 2.24) is 15.3 Å². The van der Waals surface area contributed by atoms with E-state index in [1.807, 2.05) is 12.3 Å². The van der Waals surface area contributed by atoms with Crippen LogP contribution in [0.3, 0.4) is 0 Å². The van der Waals surface area contributed by atoms with Crippen molar-refractivity contribution >= 4 is 40.4 Å². The molecule has 0 aliphatic rings. The standard InChI is InChI=1S/C12H11Cl2N3OS/c1-7-6-19-11(17-7)2-3-15-12(18)8-4-10(14)16-5-9(8)13/h4-6H,2-3H2,1H3,(H,15,18). The number of pyridine rings is 1. The second-order valence-corrected chi connectivity index (χ2v) is 5.61. The molecule has 0 atom stereocenters. The predicted molar refractivity (Wildman–Crippen MR) is 77.1 cm³/mol. The van der Waals surface area contributed by atoms with Crippen molar-refractivity contribution in [3.63, 3.8) is 0 Å². The first kappa shape index (κ1) is 14.2. The van der Waals surface area contributed by atoms with E-state index in [4.69, 9.17) is 23.2 Å². The van der Waals surface area contributed by atoms with Gasteiger partial charge in [-0.1, -0.05) is 23.2 Å². The van der Waals surface area contributed by atoms with Crippen LogP contribution in [0, 0.1) is 6.92 Å². The molecule has 2 rings (SSSR count). The van der Waals surface area contributed by atoms with Crippen molar-refractivity contribution in [2.45, 2.75) is 13.3 Å². The van der Waals surface area contributed by atoms with Crippen LogP contribution in [0.4, 0.5) is 0 Å². The molecule has 100 valence electrons. The van der Waals surface area contributed by atoms with Gasteiger partial charge in [-0.3, -0.25) is 4.79 Å². The molecule has 2 aromatic heterocycles. The van der Waals surface area contributed by atoms with Crippen molar-refractivity contribution in [3.05, 3.63) is 44.1 Å². The largest absolute Gasteiger partial charge is 0.352 e. The highest BCUT2D eigenvalue weighted by Gasteiger charge is 2.11. The van der Waals surface area contributed by atoms with E-state index in [2.05, 4.69) is 15.3 Å². The van der Waals surface area contributed by atoms with Crippen molar-refractivity contribution < 1.29 is 4.79 Å². The van der Waals surface area contributed by atoms with Crippen LogP contribution in [0.1, 0.15) is 21.1 Å². The Balaban J connectivity index is 1.92. The molecule has 19 heavy (non-hydrogen) atoms. The zero-order valence-corrected chi connectivity index (χ0v) is 12.4. The number of halogens is 2. The number of hydrogen-bond acceptors (Lipinski definition) is 4. The van der Waals surface area contributed by atoms with Gasteiger partial charge in [-0.2, -0.15) is 0 Å². The fourth-order valence-electron chi connectivity index (χ4n) is 1.48. The van der Waals surface area contributed by atoms with Gasteiger partial charge in [0.15, 0.2) is 0 Å². The molecule has 0 unspecified atom stereocenters. The molecule has 2 heterocycles. The molecule has 0 fully saturated rings. The predicted octanol–water partition coefficient (Wildman–Crippen LogP) is 3.13. The Morgan fingerprint density at radius 2 is 2.26 bits per heavy atom. The second-order valence-electron chi connectivity index (χ2n) is 3.88. The van der Waals surface area contributed by atoms with Gasteiger partial charge in [0.2, 0.25) is 0 Å². The summed E-state index contributed by atoms with van der Waals surface area (Å²) in [5, 5.41) is 6.29. The Bertz CT molecular complexity index is 600. The summed E-state index contributed by atoms with van der Waals surface area (Å²) in [6, 6.07) is 1.45. The third-order valence-corrected chi connectivity index (χ3v) is 3.89. The second kappa shape index (κ2) is 6.32. The first-order valence-corrected chi connectivity index (χ1v) is 7.20. The van der Waals surface area contributed by atoms with Crippen LogP contribution in [-0.4, -0.2) is 22.4 Å². The number of nitrogens with zero attached hydrogens (tertiary/aromatic N) is 2. The summed E-state index contributed by atoms with van der Waals surface area (Å²) in [7, 11) is 0. The molecule has 0 saturated heterocycles. The summed E-state index contributed by atoms with van der Waals surface area (Å²) in [5.74, 6) is -0.262. The molecule has 4 nitrogen and oxygen atoms in total. The van der Waals surface area contributed by atoms with Gasteiger partial charge in [0.25, 0.3) is 5.91 Å². The molecule has 0 saturated carbocycles. The number of amides is 1. The number of rotatable bonds is 4. The fraction of sp³-hybridized carbons (Fsp3) is 0.250. The number of carbonyl (C=O) groups is 1. The van der Waals surface area contributed by atoms with Crippen LogP contribution in [0.25, 0.3) is 0 Å². The summed E-state index contributed by atoms with van der Waals surface area (Å²) >= 11 is 13.2. The highest BCUT2D eigenvalue weighted by molar-refractivity contribution is 7.09. The van der Waals surface area contributed by atoms with E-state index in [1.165, 1.54) is 12.3 Å². The Hall–Kier alpha value is -1.17. The summed E-state index contributed by atoms with van der Waals surface area (Å²) < 4.78 is 0. The highest BCUT2D eigenvalue weighted by Crippen LogP contribution is 2.17. The van der Waals surface area contributed by atoms with Gasteiger partial charge in [0.1, 0.15) is 5.15 Å². The molecule has 1 N–H and O–H groups in total. The molecule has 0 aliphatic carbocycles. The minimum atomic E-state index is -0.262. The average molecular weight is 316 g/mol. The number of aromatic nitrogens is 2. The molecule has 0 spiro atoms. The monoisotopic (exact) mass is 315 g/mol. The Labute approximate surface area is 124 Å². The normalized spacial score (nSPS) is 10.5. The van der Waals surface area contributed by atoms with Gasteiger partial charge in [-0.25, -0.2) is 9.97 Å². The third kappa shape index (κ3) is 3.89. The van der Waals surface area contributed by atoms with E-state index in [0.29, 0.717) is 18.5 Å². The molecule has 0 radical (unpaired) electrons. The lowest BCUT2D eigenvalue weighted by atomic mass is 10.2. The third-order valence-electron chi connectivity index (χ3n) is 2.36. The topological polar surface area (TPSA) is 54.9 Å². The molecule has 0 aromatic carbocycles. The van der Waals surface area contributed by atoms with Gasteiger partial charge in [0, 0.05) is 30.2 Å². The molecule has 0 aliphatic heterocycles. The quantitative estimate of drug-likeness (QED) is 0.882. The smallest absolute Gasteiger partial charge is 0.252 e. The van der Waals surface area contributed by atoms with Crippen LogP contribution in [0.15, 0.2) is 17.6 Å². The lowest BCUT2D eigenvalue weighted by Gasteiger charge is -2.05. The molecule has 1 amide bonds. The number of carbonyl (C=O) groups excluding carboxylic acids is 1. The first-order valence-electron chi connectivity index (χ1n) is 5.56. The molecule has 7 heteroatoms. The number of thiazole rings is 1. The minimum absolute atomic E-state index is 0.241. The SMILES string of the molecule is Cc1csc(CCNC(=O)c2cc(Cl)ncc2Cl)n1. The van der Waals surface area contributed by atoms with Crippen molar-refractivity contribution in [2.24, 2.45) is 0 Å². The Morgan fingerprint density at radius 1 is 1.47 bits per heavy atom. The van der Waals surface area contributed by atoms with Crippen LogP contribution in [-0.2, 0) is 6.42 Å². The van der Waals surface area contributed by atoms with Crippen LogP contribution in [0.2, 0.25) is 10.2 Å². The maximum absolute atomic E-state index is 11.9. The highest BCUT2D eigenvalue weighted by atomic mass is 35.5. The van der Waals surface area contributed by atoms with Gasteiger partial charge >= 0.3 is 0 Å². The maximum Gasteiger partial charge on any atom is 0.252 e. The fourth-order valence-corrected chi connectivity index (χ4v) is 2.61. The first-order chi connectivity index (χ1) is 9.06. The summed E-state index contributed by atoms with van der Waals surface area (Å²) in [6.45, 7) is 2.44. The van der Waals surface area contributed by atoms with Crippen molar-refractivity contribution in [1.29, 1.82) is 0 Å². The van der Waals surface area contributed by atoms with E-state index >= 15 is 0 Å². The number of aryl methyl sites for hydroxylation is 1. The van der Waals surface area contributed by atoms with Crippen molar-refractivity contribution in [3.8, 4) is 0 Å². The zero-order chi connectivity index (χ0) is 13.8. The Kier molecular flexibility index (Phi) is 4.74. The molecular formula is C12H11Cl2N3OS. The lowest BCUT2D eigenvalue weighted by Crippen LogP contribution is -2.26. The van der Waals surface area contributed by atoms with E-state index in [-0.39, 0.29) is 16.1 Å². The maximum atomic E-state index is 11.9. The van der Waals surface area contributed by atoms with Crippen LogP contribution in [0.5, 0.6) is 0 Å². The van der Waals surface area contributed by atoms with E-state index in [9.17, 15) is 4.79 Å². The summed E-state index contributed by atoms with van der Waals surface area (Å²) in [5.41, 5.74) is 1.33. The van der Waals surface area contributed by atoms with Crippen LogP contribution >= 0.6 is 34.5 Å². The molecule has 0 bridgehead atoms. The summed E-state index contributed by atoms with van der Waals surface area (Å²) in [4.78, 5) is 20.0. The van der Waals surface area contributed by atoms with E-state index in [0.717, 1.165) is 10.7 Å². The van der Waals surface area contributed by atoms with Gasteiger partial charge in [0.05, 0.1) is 15.6 Å². The molecular weight excluding hydrogens is 305 g/mol. The van der Waals surface area contributed by atoms with E-state index in [1.54, 1.807) is 11.3 Å². The summed E-state index contributed by atoms with van der Waals surface area (Å²) in [6.07, 6.45) is 2.06. The van der Waals surface area contributed by atoms with Crippen molar-refractivity contribution in [2.75, 3.05) is 6.54 Å². The van der Waals surface area contributed by atoms with E-state index < -0.39 is 0 Å². The average Bonchev–Trinajstić information content (AvgIpc) is 2.78. The Morgan fingerprint density at radius 3 is 2.95 bits per heavy atom. The number of hydrogen-bond donors (Lipinski definition) is 1. The van der Waals surface area contributed by atoms with Gasteiger partial charge in [-0.15, -0.1) is 11.3 Å². The van der Waals surface area contributed by atoms with Gasteiger partial charge in [-0.05, 0) is 13.0 Å². The molecule has 2 aromatic rings. The van der Waals surface area contributed by atoms with Gasteiger partial charge < -0.3 is 5.32 Å². The number of nitrogens with one attached hydrogen (secondary N) is 1. The minimum Gasteiger partial charge on any atom is -0.352 e. The zero-order valence-electron chi connectivity index (χ0n) is 10.1.